The fraction of sp³-hybridized carbons (Fsp3) is 0.333. The van der Waals surface area contributed by atoms with Crippen LogP contribution >= 0.6 is 11.8 Å². The largest absolute Gasteiger partial charge is 0.352 e. The van der Waals surface area contributed by atoms with E-state index in [1.54, 1.807) is 21.2 Å². The highest BCUT2D eigenvalue weighted by molar-refractivity contribution is 7.99. The Hall–Kier alpha value is -3.53. The Balaban J connectivity index is 1.53. The summed E-state index contributed by atoms with van der Waals surface area (Å²) in [7, 11) is 0. The van der Waals surface area contributed by atoms with E-state index < -0.39 is 17.3 Å². The van der Waals surface area contributed by atoms with Crippen LogP contribution in [0.5, 0.6) is 0 Å². The van der Waals surface area contributed by atoms with Crippen molar-refractivity contribution in [3.8, 4) is 11.1 Å². The molecule has 0 aliphatic carbocycles. The smallest absolute Gasteiger partial charge is 0.350 e. The lowest BCUT2D eigenvalue weighted by Crippen LogP contribution is -2.64. The number of carbonyl (C=O) groups excluding carboxylic acids is 2. The number of benzene rings is 2. The molecule has 2 bridgehead atoms. The van der Waals surface area contributed by atoms with E-state index in [2.05, 4.69) is 11.6 Å². The van der Waals surface area contributed by atoms with Gasteiger partial charge in [-0.05, 0) is 36.8 Å². The summed E-state index contributed by atoms with van der Waals surface area (Å²) in [5, 5.41) is 0.762. The second kappa shape index (κ2) is 8.79. The van der Waals surface area contributed by atoms with Crippen molar-refractivity contribution in [1.29, 1.82) is 0 Å². The first-order chi connectivity index (χ1) is 17.8. The predicted octanol–water partition coefficient (Wildman–Crippen LogP) is 3.69. The monoisotopic (exact) mass is 522 g/mol. The van der Waals surface area contributed by atoms with E-state index in [1.807, 2.05) is 17.9 Å². The molecule has 0 saturated carbocycles. The molecule has 1 amide bonds. The van der Waals surface area contributed by atoms with Gasteiger partial charge in [-0.15, -0.1) is 11.8 Å². The van der Waals surface area contributed by atoms with Crippen molar-refractivity contribution < 1.29 is 18.4 Å². The lowest BCUT2D eigenvalue weighted by Gasteiger charge is -2.49. The van der Waals surface area contributed by atoms with E-state index in [9.17, 15) is 23.2 Å². The molecule has 2 saturated heterocycles. The van der Waals surface area contributed by atoms with Gasteiger partial charge in [0.2, 0.25) is 5.91 Å². The minimum atomic E-state index is -0.659. The van der Waals surface area contributed by atoms with E-state index in [1.165, 1.54) is 18.2 Å². The van der Waals surface area contributed by atoms with Crippen molar-refractivity contribution in [2.75, 3.05) is 23.7 Å². The highest BCUT2D eigenvalue weighted by Crippen LogP contribution is 2.44. The number of hydrogen-bond donors (Lipinski definition) is 0. The number of ketones is 1. The van der Waals surface area contributed by atoms with Crippen molar-refractivity contribution in [3.05, 3.63) is 64.6 Å². The van der Waals surface area contributed by atoms with E-state index in [0.29, 0.717) is 42.3 Å². The Morgan fingerprint density at radius 2 is 1.89 bits per heavy atom. The summed E-state index contributed by atoms with van der Waals surface area (Å²) in [4.78, 5) is 47.1. The van der Waals surface area contributed by atoms with Crippen LogP contribution < -0.4 is 10.6 Å². The minimum absolute atomic E-state index is 0.117. The summed E-state index contributed by atoms with van der Waals surface area (Å²) in [6.45, 7) is 6.67. The van der Waals surface area contributed by atoms with Gasteiger partial charge >= 0.3 is 5.69 Å². The van der Waals surface area contributed by atoms with Crippen LogP contribution in [0.3, 0.4) is 0 Å². The summed E-state index contributed by atoms with van der Waals surface area (Å²) >= 11 is 1.54. The molecule has 7 nitrogen and oxygen atoms in total. The molecule has 2 aromatic carbocycles. The van der Waals surface area contributed by atoms with Crippen LogP contribution in [-0.4, -0.2) is 57.1 Å². The van der Waals surface area contributed by atoms with Gasteiger partial charge in [0.25, 0.3) is 0 Å². The second-order valence-corrected chi connectivity index (χ2v) is 10.9. The summed E-state index contributed by atoms with van der Waals surface area (Å²) in [6.07, 6.45) is 1.76. The number of thioether (sulfide) groups is 1. The van der Waals surface area contributed by atoms with Gasteiger partial charge in [0, 0.05) is 65.7 Å². The summed E-state index contributed by atoms with van der Waals surface area (Å²) in [6, 6.07) is 4.78. The molecule has 2 fully saturated rings. The van der Waals surface area contributed by atoms with Crippen LogP contribution in [0.1, 0.15) is 18.4 Å². The lowest BCUT2D eigenvalue weighted by molar-refractivity contribution is -0.138. The summed E-state index contributed by atoms with van der Waals surface area (Å²) in [5.41, 5.74) is 1.99. The topological polar surface area (TPSA) is 75.5 Å². The number of amides is 1. The van der Waals surface area contributed by atoms with Crippen LogP contribution in [0.25, 0.3) is 22.0 Å². The molecular formula is C27H24F2N4O3S. The number of hydrogen-bond acceptors (Lipinski definition) is 6. The van der Waals surface area contributed by atoms with Crippen molar-refractivity contribution in [3.63, 3.8) is 0 Å². The highest BCUT2D eigenvalue weighted by atomic mass is 32.2. The number of nitrogens with zero attached hydrogens (tertiary/aromatic N) is 4. The van der Waals surface area contributed by atoms with Gasteiger partial charge in [-0.1, -0.05) is 6.58 Å². The predicted molar refractivity (Wildman–Crippen MR) is 138 cm³/mol. The van der Waals surface area contributed by atoms with E-state index in [-0.39, 0.29) is 42.2 Å². The first-order valence-corrected chi connectivity index (χ1v) is 13.1. The van der Waals surface area contributed by atoms with Gasteiger partial charge in [0.15, 0.2) is 0 Å². The zero-order valence-corrected chi connectivity index (χ0v) is 21.0. The maximum atomic E-state index is 14.9. The summed E-state index contributed by atoms with van der Waals surface area (Å²) in [5.74, 6) is -0.270. The average Bonchev–Trinajstić information content (AvgIpc) is 2.85. The molecule has 4 heterocycles. The normalized spacial score (nSPS) is 20.9. The SMILES string of the molecule is C=CC(=O)N1C2CC(=O)CC1CN(c1nc(=O)n3c4c(c(-c5ccc(F)cc5F)c(C)cc14)SCC3)C2. The van der Waals surface area contributed by atoms with E-state index in [0.717, 1.165) is 21.9 Å². The zero-order chi connectivity index (χ0) is 26.0. The lowest BCUT2D eigenvalue weighted by atomic mass is 9.89. The molecule has 0 N–H and O–H groups in total. The number of Topliss-reactive ketones (excluding diaryl/α,β-unsaturated/α-hetero) is 1. The van der Waals surface area contributed by atoms with Crippen LogP contribution in [0.2, 0.25) is 0 Å². The molecule has 3 aromatic rings. The van der Waals surface area contributed by atoms with Crippen molar-refractivity contribution in [1.82, 2.24) is 14.5 Å². The molecule has 10 heteroatoms. The fourth-order valence-electron chi connectivity index (χ4n) is 6.01. The molecule has 1 aromatic heterocycles. The third-order valence-corrected chi connectivity index (χ3v) is 8.53. The van der Waals surface area contributed by atoms with Crippen molar-refractivity contribution >= 4 is 40.2 Å². The third kappa shape index (κ3) is 3.77. The van der Waals surface area contributed by atoms with Crippen molar-refractivity contribution in [2.45, 2.75) is 43.3 Å². The molecule has 2 atom stereocenters. The molecule has 37 heavy (non-hydrogen) atoms. The summed E-state index contributed by atoms with van der Waals surface area (Å²) < 4.78 is 30.2. The number of halogens is 2. The van der Waals surface area contributed by atoms with Gasteiger partial charge in [-0.2, -0.15) is 4.98 Å². The minimum Gasteiger partial charge on any atom is -0.352 e. The Morgan fingerprint density at radius 3 is 2.57 bits per heavy atom. The number of rotatable bonds is 3. The van der Waals surface area contributed by atoms with Crippen LogP contribution in [0.15, 0.2) is 46.6 Å². The van der Waals surface area contributed by atoms with Gasteiger partial charge in [0.1, 0.15) is 23.2 Å². The number of fused-ring (bicyclic) bond motifs is 2. The molecule has 6 rings (SSSR count). The molecule has 0 spiro atoms. The first kappa shape index (κ1) is 23.8. The molecule has 3 aliphatic rings. The second-order valence-electron chi connectivity index (χ2n) is 9.75. The third-order valence-electron chi connectivity index (χ3n) is 7.46. The zero-order valence-electron chi connectivity index (χ0n) is 20.2. The highest BCUT2D eigenvalue weighted by Gasteiger charge is 2.43. The van der Waals surface area contributed by atoms with Gasteiger partial charge < -0.3 is 9.80 Å². The number of anilines is 1. The van der Waals surface area contributed by atoms with Gasteiger partial charge in [-0.25, -0.2) is 13.6 Å². The van der Waals surface area contributed by atoms with Gasteiger partial charge in [-0.3, -0.25) is 14.2 Å². The van der Waals surface area contributed by atoms with Crippen molar-refractivity contribution in [2.24, 2.45) is 0 Å². The van der Waals surface area contributed by atoms with E-state index in [4.69, 9.17) is 0 Å². The average molecular weight is 523 g/mol. The van der Waals surface area contributed by atoms with E-state index >= 15 is 0 Å². The molecule has 0 radical (unpaired) electrons. The fourth-order valence-corrected chi connectivity index (χ4v) is 7.26. The molecule has 190 valence electrons. The van der Waals surface area contributed by atoms with Gasteiger partial charge in [0.05, 0.1) is 17.6 Å². The number of carbonyl (C=O) groups is 2. The number of aromatic nitrogens is 2. The number of piperidine rings is 1. The maximum absolute atomic E-state index is 14.9. The molecular weight excluding hydrogens is 498 g/mol. The Bertz CT molecular complexity index is 1550. The Morgan fingerprint density at radius 1 is 1.16 bits per heavy atom. The molecule has 3 aliphatic heterocycles. The van der Waals surface area contributed by atoms with Crippen LogP contribution in [0.4, 0.5) is 14.6 Å². The Kier molecular flexibility index (Phi) is 5.67. The number of aryl methyl sites for hydroxylation is 2. The van der Waals surface area contributed by atoms with Crippen LogP contribution in [0, 0.1) is 18.6 Å². The standard InChI is InChI=1S/C27H24F2N4O3S/c1-3-22(35)33-16-10-18(34)11-17(33)13-31(12-16)26-20-8-14(2)23(19-5-4-15(28)9-21(19)29)25-24(20)32(6-7-37-25)27(36)30-26/h3-5,8-9,16-17H,1,6-7,10-13H2,2H3. The first-order valence-electron chi connectivity index (χ1n) is 12.1. The maximum Gasteiger partial charge on any atom is 0.350 e. The quantitative estimate of drug-likeness (QED) is 0.489. The number of piperazine rings is 1. The van der Waals surface area contributed by atoms with Crippen LogP contribution in [-0.2, 0) is 16.1 Å². The molecule has 2 unspecified atom stereocenters. The Labute approximate surface area is 215 Å².